The fourth-order valence-electron chi connectivity index (χ4n) is 6.43. The van der Waals surface area contributed by atoms with Crippen LogP contribution in [0.15, 0.2) is 109 Å². The first-order valence-corrected chi connectivity index (χ1v) is 15.3. The van der Waals surface area contributed by atoms with E-state index in [1.165, 1.54) is 28.8 Å². The zero-order valence-corrected chi connectivity index (χ0v) is 26.5. The SMILES string of the molecule is COc1ccc(C(OC[C@@]23COC([C@H](n4ccc(-n5cncn5)nc4=O)O2)[C@H]3OC(C)=O)(c2ccccc2)c2ccc(OC)cc2)cc1. The van der Waals surface area contributed by atoms with Gasteiger partial charge in [0.1, 0.15) is 35.9 Å². The van der Waals surface area contributed by atoms with Crippen LogP contribution in [0.5, 0.6) is 11.5 Å². The minimum Gasteiger partial charge on any atom is -0.497 e. The van der Waals surface area contributed by atoms with Crippen LogP contribution in [0.25, 0.3) is 5.82 Å². The Morgan fingerprint density at radius 2 is 1.58 bits per heavy atom. The van der Waals surface area contributed by atoms with Crippen molar-refractivity contribution in [1.29, 1.82) is 0 Å². The van der Waals surface area contributed by atoms with E-state index in [4.69, 9.17) is 28.4 Å². The number of methoxy groups -OCH3 is 2. The monoisotopic (exact) mass is 651 g/mol. The molecule has 4 atom stereocenters. The molecule has 0 aliphatic carbocycles. The maximum atomic E-state index is 13.3. The van der Waals surface area contributed by atoms with Gasteiger partial charge in [-0.05, 0) is 47.0 Å². The van der Waals surface area contributed by atoms with E-state index in [9.17, 15) is 9.59 Å². The van der Waals surface area contributed by atoms with Gasteiger partial charge in [0.15, 0.2) is 23.8 Å². The number of hydrogen-bond acceptors (Lipinski definition) is 11. The lowest BCUT2D eigenvalue weighted by Gasteiger charge is -2.40. The minimum absolute atomic E-state index is 0.0570. The summed E-state index contributed by atoms with van der Waals surface area (Å²) in [4.78, 5) is 33.8. The van der Waals surface area contributed by atoms with Crippen molar-refractivity contribution in [3.63, 3.8) is 0 Å². The van der Waals surface area contributed by atoms with Gasteiger partial charge in [0, 0.05) is 13.1 Å². The zero-order valence-electron chi connectivity index (χ0n) is 26.5. The first-order valence-electron chi connectivity index (χ1n) is 15.3. The summed E-state index contributed by atoms with van der Waals surface area (Å²) in [6.45, 7) is 1.30. The van der Waals surface area contributed by atoms with Crippen LogP contribution in [0.4, 0.5) is 0 Å². The van der Waals surface area contributed by atoms with Crippen LogP contribution in [0.2, 0.25) is 0 Å². The number of fused-ring (bicyclic) bond motifs is 2. The van der Waals surface area contributed by atoms with Crippen molar-refractivity contribution in [2.24, 2.45) is 0 Å². The lowest BCUT2D eigenvalue weighted by molar-refractivity contribution is -0.206. The van der Waals surface area contributed by atoms with Gasteiger partial charge in [-0.15, -0.1) is 0 Å². The summed E-state index contributed by atoms with van der Waals surface area (Å²) < 4.78 is 39.5. The number of esters is 1. The third-order valence-electron chi connectivity index (χ3n) is 8.72. The molecule has 2 saturated heterocycles. The molecule has 246 valence electrons. The van der Waals surface area contributed by atoms with Gasteiger partial charge in [-0.25, -0.2) is 14.5 Å². The first-order chi connectivity index (χ1) is 23.4. The van der Waals surface area contributed by atoms with Crippen LogP contribution in [-0.2, 0) is 29.3 Å². The Kier molecular flexibility index (Phi) is 8.25. The van der Waals surface area contributed by atoms with Gasteiger partial charge in [0.2, 0.25) is 0 Å². The van der Waals surface area contributed by atoms with Crippen molar-refractivity contribution in [2.45, 2.75) is 36.6 Å². The molecular formula is C35H33N5O8. The van der Waals surface area contributed by atoms with E-state index in [1.807, 2.05) is 78.9 Å². The van der Waals surface area contributed by atoms with Gasteiger partial charge in [0.25, 0.3) is 0 Å². The largest absolute Gasteiger partial charge is 0.497 e. The third-order valence-corrected chi connectivity index (χ3v) is 8.72. The quantitative estimate of drug-likeness (QED) is 0.153. The molecular weight excluding hydrogens is 618 g/mol. The smallest absolute Gasteiger partial charge is 0.351 e. The second-order valence-corrected chi connectivity index (χ2v) is 11.5. The molecule has 0 amide bonds. The Labute approximate surface area is 275 Å². The zero-order chi connectivity index (χ0) is 33.3. The summed E-state index contributed by atoms with van der Waals surface area (Å²) in [6, 6.07) is 26.7. The molecule has 2 aromatic heterocycles. The summed E-state index contributed by atoms with van der Waals surface area (Å²) in [5.41, 5.74) is -0.577. The highest BCUT2D eigenvalue weighted by Gasteiger charge is 2.65. The topological polar surface area (TPSA) is 138 Å². The van der Waals surface area contributed by atoms with E-state index in [1.54, 1.807) is 26.5 Å². The number of carbonyl (C=O) groups excluding carboxylic acids is 1. The molecule has 1 unspecified atom stereocenters. The molecule has 2 bridgehead atoms. The van der Waals surface area contributed by atoms with Crippen LogP contribution >= 0.6 is 0 Å². The predicted octanol–water partition coefficient (Wildman–Crippen LogP) is 3.45. The van der Waals surface area contributed by atoms with Gasteiger partial charge >= 0.3 is 11.7 Å². The van der Waals surface area contributed by atoms with E-state index in [2.05, 4.69) is 15.1 Å². The Balaban J connectivity index is 1.30. The van der Waals surface area contributed by atoms with Crippen LogP contribution < -0.4 is 15.2 Å². The first kappa shape index (κ1) is 31.2. The fraction of sp³-hybridized carbons (Fsp3) is 0.286. The molecule has 13 nitrogen and oxygen atoms in total. The third kappa shape index (κ3) is 5.41. The molecule has 2 aliphatic rings. The summed E-state index contributed by atoms with van der Waals surface area (Å²) in [7, 11) is 3.22. The molecule has 0 radical (unpaired) electrons. The standard InChI is InChI=1S/C35H33N5O8/c1-23(41)47-31-30-32(39-18-17-29(38-33(39)42)40-22-36-21-37-40)48-34(31,19-45-30)20-46-35(24-7-5-4-6-8-24,25-9-13-27(43-2)14-10-25)26-11-15-28(44-3)16-12-26/h4-18,21-22,30-32H,19-20H2,1-3H3/t30?,31-,32-,34-/m1/s1. The number of carbonyl (C=O) groups is 1. The van der Waals surface area contributed by atoms with Crippen molar-refractivity contribution in [3.8, 4) is 17.3 Å². The number of benzene rings is 3. The van der Waals surface area contributed by atoms with Crippen molar-refractivity contribution in [1.82, 2.24) is 24.3 Å². The summed E-state index contributed by atoms with van der Waals surface area (Å²) in [5.74, 6) is 1.15. The molecule has 2 fully saturated rings. The molecule has 0 spiro atoms. The molecule has 13 heteroatoms. The van der Waals surface area contributed by atoms with Crippen molar-refractivity contribution < 1.29 is 33.2 Å². The Bertz CT molecular complexity index is 1890. The molecule has 48 heavy (non-hydrogen) atoms. The number of hydrogen-bond donors (Lipinski definition) is 0. The molecule has 2 aliphatic heterocycles. The second kappa shape index (κ2) is 12.7. The summed E-state index contributed by atoms with van der Waals surface area (Å²) in [6.07, 6.45) is 1.69. The van der Waals surface area contributed by atoms with E-state index in [0.717, 1.165) is 16.7 Å². The van der Waals surface area contributed by atoms with E-state index >= 15 is 0 Å². The van der Waals surface area contributed by atoms with Crippen LogP contribution in [-0.4, -0.2) is 75.5 Å². The fourth-order valence-corrected chi connectivity index (χ4v) is 6.43. The highest BCUT2D eigenvalue weighted by atomic mass is 16.7. The Morgan fingerprint density at radius 1 is 0.938 bits per heavy atom. The van der Waals surface area contributed by atoms with Gasteiger partial charge < -0.3 is 28.4 Å². The van der Waals surface area contributed by atoms with Crippen LogP contribution in [0, 0.1) is 0 Å². The highest BCUT2D eigenvalue weighted by molar-refractivity contribution is 5.66. The van der Waals surface area contributed by atoms with Crippen molar-refractivity contribution in [3.05, 3.63) is 131 Å². The molecule has 5 aromatic rings. The van der Waals surface area contributed by atoms with Crippen molar-refractivity contribution in [2.75, 3.05) is 27.4 Å². The van der Waals surface area contributed by atoms with E-state index in [0.29, 0.717) is 17.3 Å². The summed E-state index contributed by atoms with van der Waals surface area (Å²) in [5, 5.41) is 4.04. The molecule has 3 aromatic carbocycles. The average molecular weight is 652 g/mol. The molecule has 4 heterocycles. The minimum atomic E-state index is -1.27. The number of nitrogens with zero attached hydrogens (tertiary/aromatic N) is 5. The molecule has 0 N–H and O–H groups in total. The van der Waals surface area contributed by atoms with Gasteiger partial charge in [-0.3, -0.25) is 9.36 Å². The normalized spacial score (nSPS) is 21.6. The predicted molar refractivity (Wildman–Crippen MR) is 170 cm³/mol. The molecule has 7 rings (SSSR count). The Morgan fingerprint density at radius 3 is 2.15 bits per heavy atom. The number of ether oxygens (including phenoxy) is 6. The van der Waals surface area contributed by atoms with Gasteiger partial charge in [0.05, 0.1) is 27.4 Å². The second-order valence-electron chi connectivity index (χ2n) is 11.5. The highest BCUT2D eigenvalue weighted by Crippen LogP contribution is 2.49. The van der Waals surface area contributed by atoms with Crippen LogP contribution in [0.3, 0.4) is 0 Å². The van der Waals surface area contributed by atoms with Crippen molar-refractivity contribution >= 4 is 5.97 Å². The maximum Gasteiger partial charge on any atom is 0.351 e. The molecule has 0 saturated carbocycles. The van der Waals surface area contributed by atoms with E-state index < -0.39 is 41.3 Å². The van der Waals surface area contributed by atoms with Gasteiger partial charge in [-0.2, -0.15) is 10.1 Å². The number of aromatic nitrogens is 5. The number of rotatable bonds is 11. The van der Waals surface area contributed by atoms with E-state index in [-0.39, 0.29) is 13.2 Å². The summed E-state index contributed by atoms with van der Waals surface area (Å²) >= 11 is 0. The lowest BCUT2D eigenvalue weighted by Crippen LogP contribution is -2.49. The lowest BCUT2D eigenvalue weighted by atomic mass is 9.79. The maximum absolute atomic E-state index is 13.3. The Hall–Kier alpha value is -5.37. The van der Waals surface area contributed by atoms with Gasteiger partial charge in [-0.1, -0.05) is 54.6 Å². The average Bonchev–Trinajstić information content (AvgIpc) is 3.85. The van der Waals surface area contributed by atoms with Crippen LogP contribution in [0.1, 0.15) is 29.8 Å².